The van der Waals surface area contributed by atoms with Gasteiger partial charge in [0, 0.05) is 17.8 Å². The van der Waals surface area contributed by atoms with E-state index in [-0.39, 0.29) is 5.91 Å². The minimum Gasteiger partial charge on any atom is -0.481 e. The number of aromatic nitrogens is 1. The molecule has 2 aromatic rings. The number of hydrogen-bond donors (Lipinski definition) is 2. The van der Waals surface area contributed by atoms with Gasteiger partial charge in [0.05, 0.1) is 17.0 Å². The molecule has 1 aromatic heterocycles. The average Bonchev–Trinajstić information content (AvgIpc) is 2.54. The van der Waals surface area contributed by atoms with Gasteiger partial charge in [-0.1, -0.05) is 37.1 Å². The van der Waals surface area contributed by atoms with E-state index in [1.165, 1.54) is 0 Å². The minimum absolute atomic E-state index is 0.259. The molecule has 23 heavy (non-hydrogen) atoms. The van der Waals surface area contributed by atoms with Crippen LogP contribution in [0.5, 0.6) is 0 Å². The topological polar surface area (TPSA) is 79.3 Å². The lowest BCUT2D eigenvalue weighted by atomic mass is 9.73. The molecule has 120 valence electrons. The van der Waals surface area contributed by atoms with E-state index in [0.29, 0.717) is 18.4 Å². The Kier molecular flexibility index (Phi) is 4.03. The van der Waals surface area contributed by atoms with Crippen molar-refractivity contribution in [1.82, 2.24) is 10.3 Å². The Morgan fingerprint density at radius 3 is 2.83 bits per heavy atom. The van der Waals surface area contributed by atoms with Crippen molar-refractivity contribution < 1.29 is 14.7 Å². The van der Waals surface area contributed by atoms with E-state index in [2.05, 4.69) is 10.3 Å². The first kappa shape index (κ1) is 15.5. The Balaban J connectivity index is 1.92. The molecule has 1 aromatic carbocycles. The second-order valence-electron chi connectivity index (χ2n) is 6.42. The SMILES string of the molecule is CC1(NC(=O)c2cncc3ccccc23)CCCCC1C(=O)O. The van der Waals surface area contributed by atoms with Gasteiger partial charge in [-0.15, -0.1) is 0 Å². The highest BCUT2D eigenvalue weighted by Gasteiger charge is 2.42. The zero-order valence-corrected chi connectivity index (χ0v) is 13.1. The fourth-order valence-electron chi connectivity index (χ4n) is 3.50. The Bertz CT molecular complexity index is 754. The van der Waals surface area contributed by atoms with E-state index >= 15 is 0 Å². The van der Waals surface area contributed by atoms with Crippen molar-refractivity contribution in [2.24, 2.45) is 5.92 Å². The molecule has 3 rings (SSSR count). The van der Waals surface area contributed by atoms with Crippen LogP contribution in [0.25, 0.3) is 10.8 Å². The van der Waals surface area contributed by atoms with E-state index in [0.717, 1.165) is 23.6 Å². The van der Waals surface area contributed by atoms with E-state index in [1.807, 2.05) is 31.2 Å². The predicted molar refractivity (Wildman–Crippen MR) is 87.2 cm³/mol. The molecule has 1 heterocycles. The third-order valence-corrected chi connectivity index (χ3v) is 4.82. The van der Waals surface area contributed by atoms with Crippen LogP contribution in [-0.4, -0.2) is 27.5 Å². The molecule has 0 aliphatic heterocycles. The number of rotatable bonds is 3. The second-order valence-corrected chi connectivity index (χ2v) is 6.42. The zero-order chi connectivity index (χ0) is 16.4. The fourth-order valence-corrected chi connectivity index (χ4v) is 3.50. The second kappa shape index (κ2) is 5.99. The molecular formula is C18H20N2O3. The number of amides is 1. The monoisotopic (exact) mass is 312 g/mol. The van der Waals surface area contributed by atoms with Crippen molar-refractivity contribution in [2.45, 2.75) is 38.1 Å². The Hall–Kier alpha value is -2.43. The Labute approximate surface area is 134 Å². The number of pyridine rings is 1. The van der Waals surface area contributed by atoms with Gasteiger partial charge in [-0.25, -0.2) is 0 Å². The number of hydrogen-bond acceptors (Lipinski definition) is 3. The van der Waals surface area contributed by atoms with Crippen LogP contribution in [0.3, 0.4) is 0 Å². The van der Waals surface area contributed by atoms with Crippen LogP contribution >= 0.6 is 0 Å². The highest BCUT2D eigenvalue weighted by atomic mass is 16.4. The number of fused-ring (bicyclic) bond motifs is 1. The van der Waals surface area contributed by atoms with E-state index < -0.39 is 17.4 Å². The van der Waals surface area contributed by atoms with Crippen LogP contribution in [0.4, 0.5) is 0 Å². The Morgan fingerprint density at radius 2 is 2.04 bits per heavy atom. The van der Waals surface area contributed by atoms with E-state index in [9.17, 15) is 14.7 Å². The van der Waals surface area contributed by atoms with Gasteiger partial charge in [0.25, 0.3) is 5.91 Å². The van der Waals surface area contributed by atoms with Crippen LogP contribution in [0.1, 0.15) is 43.0 Å². The van der Waals surface area contributed by atoms with Crippen molar-refractivity contribution in [2.75, 3.05) is 0 Å². The normalized spacial score (nSPS) is 24.3. The van der Waals surface area contributed by atoms with Gasteiger partial charge >= 0.3 is 5.97 Å². The summed E-state index contributed by atoms with van der Waals surface area (Å²) in [6.45, 7) is 1.83. The van der Waals surface area contributed by atoms with Crippen molar-refractivity contribution >= 4 is 22.6 Å². The van der Waals surface area contributed by atoms with Crippen molar-refractivity contribution in [3.8, 4) is 0 Å². The standard InChI is InChI=1S/C18H20N2O3/c1-18(9-5-4-8-15(18)17(22)23)20-16(21)14-11-19-10-12-6-2-3-7-13(12)14/h2-3,6-7,10-11,15H,4-5,8-9H2,1H3,(H,20,21)(H,22,23). The van der Waals surface area contributed by atoms with Gasteiger partial charge in [0.1, 0.15) is 0 Å². The smallest absolute Gasteiger partial charge is 0.308 e. The molecule has 0 radical (unpaired) electrons. The van der Waals surface area contributed by atoms with Crippen LogP contribution in [0.2, 0.25) is 0 Å². The molecular weight excluding hydrogens is 292 g/mol. The highest BCUT2D eigenvalue weighted by molar-refractivity contribution is 6.06. The van der Waals surface area contributed by atoms with Crippen LogP contribution < -0.4 is 5.32 Å². The summed E-state index contributed by atoms with van der Waals surface area (Å²) in [6.07, 6.45) is 6.34. The number of aliphatic carboxylic acids is 1. The quantitative estimate of drug-likeness (QED) is 0.913. The van der Waals surface area contributed by atoms with Crippen molar-refractivity contribution in [3.05, 3.63) is 42.2 Å². The lowest BCUT2D eigenvalue weighted by Crippen LogP contribution is -2.55. The molecule has 1 aliphatic rings. The summed E-state index contributed by atoms with van der Waals surface area (Å²) < 4.78 is 0. The van der Waals surface area contributed by atoms with Crippen molar-refractivity contribution in [1.29, 1.82) is 0 Å². The molecule has 1 aliphatic carbocycles. The maximum Gasteiger partial charge on any atom is 0.308 e. The van der Waals surface area contributed by atoms with Gasteiger partial charge in [-0.3, -0.25) is 14.6 Å². The summed E-state index contributed by atoms with van der Waals surface area (Å²) >= 11 is 0. The van der Waals surface area contributed by atoms with E-state index in [4.69, 9.17) is 0 Å². The van der Waals surface area contributed by atoms with Crippen molar-refractivity contribution in [3.63, 3.8) is 0 Å². The summed E-state index contributed by atoms with van der Waals surface area (Å²) in [4.78, 5) is 28.4. The molecule has 2 atom stereocenters. The molecule has 2 unspecified atom stereocenters. The Morgan fingerprint density at radius 1 is 1.26 bits per heavy atom. The van der Waals surface area contributed by atoms with Gasteiger partial charge < -0.3 is 10.4 Å². The van der Waals surface area contributed by atoms with Gasteiger partial charge in [0.15, 0.2) is 0 Å². The molecule has 0 bridgehead atoms. The third kappa shape index (κ3) is 2.91. The van der Waals surface area contributed by atoms with Crippen LogP contribution in [-0.2, 0) is 4.79 Å². The zero-order valence-electron chi connectivity index (χ0n) is 13.1. The molecule has 0 spiro atoms. The largest absolute Gasteiger partial charge is 0.481 e. The lowest BCUT2D eigenvalue weighted by molar-refractivity contribution is -0.145. The summed E-state index contributed by atoms with van der Waals surface area (Å²) in [5, 5.41) is 14.2. The molecule has 1 amide bonds. The summed E-state index contributed by atoms with van der Waals surface area (Å²) in [6, 6.07) is 7.56. The van der Waals surface area contributed by atoms with Gasteiger partial charge in [-0.05, 0) is 25.2 Å². The first-order chi connectivity index (χ1) is 11.0. The maximum absolute atomic E-state index is 12.8. The average molecular weight is 312 g/mol. The summed E-state index contributed by atoms with van der Waals surface area (Å²) in [5.41, 5.74) is -0.239. The molecule has 5 heteroatoms. The number of carbonyl (C=O) groups excluding carboxylic acids is 1. The number of nitrogens with zero attached hydrogens (tertiary/aromatic N) is 1. The fraction of sp³-hybridized carbons (Fsp3) is 0.389. The first-order valence-corrected chi connectivity index (χ1v) is 7.89. The molecule has 2 N–H and O–H groups in total. The predicted octanol–water partition coefficient (Wildman–Crippen LogP) is 3.00. The third-order valence-electron chi connectivity index (χ3n) is 4.82. The van der Waals surface area contributed by atoms with Gasteiger partial charge in [-0.2, -0.15) is 0 Å². The number of carboxylic acids is 1. The number of benzene rings is 1. The molecule has 1 fully saturated rings. The lowest BCUT2D eigenvalue weighted by Gasteiger charge is -2.39. The number of carbonyl (C=O) groups is 2. The summed E-state index contributed by atoms with van der Waals surface area (Å²) in [7, 11) is 0. The molecule has 5 nitrogen and oxygen atoms in total. The summed E-state index contributed by atoms with van der Waals surface area (Å²) in [5.74, 6) is -1.66. The van der Waals surface area contributed by atoms with E-state index in [1.54, 1.807) is 12.4 Å². The highest BCUT2D eigenvalue weighted by Crippen LogP contribution is 2.34. The minimum atomic E-state index is -0.844. The molecule has 1 saturated carbocycles. The maximum atomic E-state index is 12.8. The van der Waals surface area contributed by atoms with Crippen LogP contribution in [0.15, 0.2) is 36.7 Å². The van der Waals surface area contributed by atoms with Gasteiger partial charge in [0.2, 0.25) is 0 Å². The number of nitrogens with one attached hydrogen (secondary N) is 1. The molecule has 0 saturated heterocycles. The number of carboxylic acid groups (broad SMARTS) is 1. The first-order valence-electron chi connectivity index (χ1n) is 7.89. The van der Waals surface area contributed by atoms with Crippen LogP contribution in [0, 0.1) is 5.92 Å².